The quantitative estimate of drug-likeness (QED) is 0.733. The molecule has 0 saturated carbocycles. The first kappa shape index (κ1) is 14.8. The summed E-state index contributed by atoms with van der Waals surface area (Å²) in [6, 6.07) is 8.20. The molecule has 106 valence electrons. The maximum atomic E-state index is 12.7. The van der Waals surface area contributed by atoms with Crippen LogP contribution in [-0.2, 0) is 6.18 Å². The van der Waals surface area contributed by atoms with Crippen LogP contribution in [0.3, 0.4) is 0 Å². The van der Waals surface area contributed by atoms with E-state index in [2.05, 4.69) is 5.32 Å². The van der Waals surface area contributed by atoms with Gasteiger partial charge in [0.25, 0.3) is 0 Å². The molecular weight excluding hydrogens is 312 g/mol. The second-order valence-corrected chi connectivity index (χ2v) is 4.96. The molecule has 0 unspecified atom stereocenters. The van der Waals surface area contributed by atoms with Gasteiger partial charge in [-0.05, 0) is 36.4 Å². The van der Waals surface area contributed by atoms with E-state index in [1.165, 1.54) is 18.2 Å². The zero-order valence-electron chi connectivity index (χ0n) is 9.93. The molecule has 0 radical (unpaired) electrons. The Morgan fingerprint density at radius 1 is 0.900 bits per heavy atom. The summed E-state index contributed by atoms with van der Waals surface area (Å²) < 4.78 is 38.2. The second-order valence-electron chi connectivity index (χ2n) is 4.08. The van der Waals surface area contributed by atoms with E-state index in [0.29, 0.717) is 15.7 Å². The number of alkyl halides is 3. The van der Waals surface area contributed by atoms with E-state index < -0.39 is 11.7 Å². The smallest absolute Gasteiger partial charge is 0.398 e. The van der Waals surface area contributed by atoms with Crippen LogP contribution in [0, 0.1) is 0 Å². The van der Waals surface area contributed by atoms with Crippen LogP contribution in [0.2, 0.25) is 10.0 Å². The zero-order chi connectivity index (χ0) is 14.9. The van der Waals surface area contributed by atoms with Crippen molar-refractivity contribution in [3.05, 3.63) is 52.0 Å². The molecule has 0 aliphatic rings. The van der Waals surface area contributed by atoms with E-state index in [4.69, 9.17) is 28.9 Å². The average molecular weight is 321 g/mol. The number of nitrogens with one attached hydrogen (secondary N) is 1. The maximum absolute atomic E-state index is 12.7. The molecule has 0 heterocycles. The van der Waals surface area contributed by atoms with Gasteiger partial charge in [0.15, 0.2) is 0 Å². The number of anilines is 3. The fraction of sp³-hybridized carbons (Fsp3) is 0.0769. The predicted molar refractivity (Wildman–Crippen MR) is 75.6 cm³/mol. The van der Waals surface area contributed by atoms with E-state index in [-0.39, 0.29) is 11.4 Å². The van der Waals surface area contributed by atoms with Crippen LogP contribution in [0.25, 0.3) is 0 Å². The molecule has 2 aromatic rings. The van der Waals surface area contributed by atoms with E-state index in [1.54, 1.807) is 12.1 Å². The van der Waals surface area contributed by atoms with Crippen LogP contribution in [0.15, 0.2) is 36.4 Å². The number of nitrogens with two attached hydrogens (primary N) is 1. The van der Waals surface area contributed by atoms with Crippen LogP contribution >= 0.6 is 23.2 Å². The Balaban J connectivity index is 2.35. The summed E-state index contributed by atoms with van der Waals surface area (Å²) in [5.74, 6) is 0. The monoisotopic (exact) mass is 320 g/mol. The van der Waals surface area contributed by atoms with Crippen molar-refractivity contribution in [2.45, 2.75) is 6.18 Å². The van der Waals surface area contributed by atoms with Crippen LogP contribution in [-0.4, -0.2) is 0 Å². The van der Waals surface area contributed by atoms with Crippen LogP contribution in [0.4, 0.5) is 30.2 Å². The number of hydrogen-bond acceptors (Lipinski definition) is 2. The molecular formula is C13H9Cl2F3N2. The van der Waals surface area contributed by atoms with Crippen LogP contribution in [0.1, 0.15) is 5.56 Å². The van der Waals surface area contributed by atoms with Gasteiger partial charge in [0.05, 0.1) is 5.56 Å². The van der Waals surface area contributed by atoms with Crippen molar-refractivity contribution in [1.82, 2.24) is 0 Å². The van der Waals surface area contributed by atoms with Gasteiger partial charge in [-0.25, -0.2) is 0 Å². The number of halogens is 5. The largest absolute Gasteiger partial charge is 0.418 e. The molecule has 0 aliphatic carbocycles. The lowest BCUT2D eigenvalue weighted by molar-refractivity contribution is -0.136. The Morgan fingerprint density at radius 2 is 1.50 bits per heavy atom. The van der Waals surface area contributed by atoms with Gasteiger partial charge in [-0.2, -0.15) is 13.2 Å². The Kier molecular flexibility index (Phi) is 4.01. The normalized spacial score (nSPS) is 11.4. The SMILES string of the molecule is Nc1ccc(Nc2cc(Cl)cc(Cl)c2)cc1C(F)(F)F. The minimum absolute atomic E-state index is 0.241. The number of rotatable bonds is 2. The second kappa shape index (κ2) is 5.42. The van der Waals surface area contributed by atoms with Gasteiger partial charge >= 0.3 is 6.18 Å². The third-order valence-electron chi connectivity index (χ3n) is 2.51. The third-order valence-corrected chi connectivity index (χ3v) is 2.95. The highest BCUT2D eigenvalue weighted by atomic mass is 35.5. The average Bonchev–Trinajstić information content (AvgIpc) is 2.29. The number of benzene rings is 2. The molecule has 0 saturated heterocycles. The molecule has 0 aromatic heterocycles. The standard InChI is InChI=1S/C13H9Cl2F3N2/c14-7-3-8(15)5-10(4-7)20-9-1-2-12(19)11(6-9)13(16,17)18/h1-6,20H,19H2. The van der Waals surface area contributed by atoms with Gasteiger partial charge < -0.3 is 11.1 Å². The lowest BCUT2D eigenvalue weighted by Gasteiger charge is -2.13. The molecule has 0 fully saturated rings. The molecule has 0 spiro atoms. The third kappa shape index (κ3) is 3.49. The Hall–Kier alpha value is -1.59. The summed E-state index contributed by atoms with van der Waals surface area (Å²) in [7, 11) is 0. The molecule has 2 nitrogen and oxygen atoms in total. The van der Waals surface area contributed by atoms with E-state index in [0.717, 1.165) is 6.07 Å². The molecule has 2 rings (SSSR count). The zero-order valence-corrected chi connectivity index (χ0v) is 11.4. The van der Waals surface area contributed by atoms with Crippen LogP contribution < -0.4 is 11.1 Å². The molecule has 7 heteroatoms. The first-order chi connectivity index (χ1) is 9.25. The first-order valence-electron chi connectivity index (χ1n) is 5.45. The van der Waals surface area contributed by atoms with Crippen molar-refractivity contribution in [1.29, 1.82) is 0 Å². The molecule has 0 atom stereocenters. The van der Waals surface area contributed by atoms with Crippen molar-refractivity contribution in [3.63, 3.8) is 0 Å². The summed E-state index contributed by atoms with van der Waals surface area (Å²) in [6.45, 7) is 0. The lowest BCUT2D eigenvalue weighted by Crippen LogP contribution is -2.09. The highest BCUT2D eigenvalue weighted by Gasteiger charge is 2.33. The topological polar surface area (TPSA) is 38.0 Å². The Labute approximate surface area is 123 Å². The highest BCUT2D eigenvalue weighted by molar-refractivity contribution is 6.35. The number of nitrogen functional groups attached to an aromatic ring is 1. The summed E-state index contributed by atoms with van der Waals surface area (Å²) in [5, 5.41) is 3.56. The molecule has 0 aliphatic heterocycles. The van der Waals surface area contributed by atoms with Gasteiger partial charge in [-0.1, -0.05) is 23.2 Å². The van der Waals surface area contributed by atoms with Crippen molar-refractivity contribution in [3.8, 4) is 0 Å². The molecule has 20 heavy (non-hydrogen) atoms. The van der Waals surface area contributed by atoms with Crippen molar-refractivity contribution < 1.29 is 13.2 Å². The minimum Gasteiger partial charge on any atom is -0.398 e. The predicted octanol–water partition coefficient (Wildman–Crippen LogP) is 5.34. The molecule has 2 aromatic carbocycles. The Bertz CT molecular complexity index is 622. The van der Waals surface area contributed by atoms with Gasteiger partial charge in [-0.15, -0.1) is 0 Å². The summed E-state index contributed by atoms with van der Waals surface area (Å²) in [5.41, 5.74) is 4.83. The molecule has 0 amide bonds. The molecule has 3 N–H and O–H groups in total. The number of hydrogen-bond donors (Lipinski definition) is 2. The van der Waals surface area contributed by atoms with E-state index in [1.807, 2.05) is 0 Å². The van der Waals surface area contributed by atoms with E-state index >= 15 is 0 Å². The van der Waals surface area contributed by atoms with Gasteiger partial charge in [0.1, 0.15) is 0 Å². The summed E-state index contributed by atoms with van der Waals surface area (Å²) >= 11 is 11.6. The summed E-state index contributed by atoms with van der Waals surface area (Å²) in [6.07, 6.45) is -4.51. The first-order valence-corrected chi connectivity index (χ1v) is 6.21. The van der Waals surface area contributed by atoms with Gasteiger partial charge in [-0.3, -0.25) is 0 Å². The molecule has 0 bridgehead atoms. The van der Waals surface area contributed by atoms with Crippen LogP contribution in [0.5, 0.6) is 0 Å². The maximum Gasteiger partial charge on any atom is 0.418 e. The minimum atomic E-state index is -4.51. The van der Waals surface area contributed by atoms with Crippen molar-refractivity contribution in [2.24, 2.45) is 0 Å². The van der Waals surface area contributed by atoms with E-state index in [9.17, 15) is 13.2 Å². The fourth-order valence-electron chi connectivity index (χ4n) is 1.67. The Morgan fingerprint density at radius 3 is 2.05 bits per heavy atom. The van der Waals surface area contributed by atoms with Crippen molar-refractivity contribution >= 4 is 40.3 Å². The van der Waals surface area contributed by atoms with Gasteiger partial charge in [0.2, 0.25) is 0 Å². The lowest BCUT2D eigenvalue weighted by atomic mass is 10.1. The van der Waals surface area contributed by atoms with Crippen molar-refractivity contribution in [2.75, 3.05) is 11.1 Å². The summed E-state index contributed by atoms with van der Waals surface area (Å²) in [4.78, 5) is 0. The fourth-order valence-corrected chi connectivity index (χ4v) is 2.20. The highest BCUT2D eigenvalue weighted by Crippen LogP contribution is 2.36. The van der Waals surface area contributed by atoms with Gasteiger partial charge in [0, 0.05) is 27.1 Å².